The molecule has 3 aliphatic heterocycles. The molecule has 49 heavy (non-hydrogen) atoms. The lowest BCUT2D eigenvalue weighted by atomic mass is 9.59. The summed E-state index contributed by atoms with van der Waals surface area (Å²) < 4.78 is 109. The Morgan fingerprint density at radius 2 is 1.43 bits per heavy atom. The first kappa shape index (κ1) is 39.7. The van der Waals surface area contributed by atoms with Crippen molar-refractivity contribution >= 4 is 39.2 Å². The summed E-state index contributed by atoms with van der Waals surface area (Å²) in [4.78, 5) is 14.6. The van der Waals surface area contributed by atoms with Gasteiger partial charge in [0.25, 0.3) is 5.91 Å². The first-order chi connectivity index (χ1) is 22.6. The van der Waals surface area contributed by atoms with Gasteiger partial charge in [-0.15, -0.1) is 0 Å². The van der Waals surface area contributed by atoms with Crippen molar-refractivity contribution in [1.82, 2.24) is 4.90 Å². The molecule has 15 heteroatoms. The SMILES string of the molecule is CN(CC(CC[N+]12CCC(C3CCCCC3)(CC1)CC2)c1ccc(Cl)c(Cl)c1)C(=O)c1cc(C(F)(F)F)cc(C(F)(F)F)c1.CS(=O)(=O)[O-]. The smallest absolute Gasteiger partial charge is 0.416 e. The molecule has 2 aromatic carbocycles. The van der Waals surface area contributed by atoms with Crippen molar-refractivity contribution in [3.8, 4) is 0 Å². The van der Waals surface area contributed by atoms with Crippen LogP contribution in [0.5, 0.6) is 0 Å². The quantitative estimate of drug-likeness (QED) is 0.153. The number of rotatable bonds is 8. The molecule has 0 N–H and O–H groups in total. The van der Waals surface area contributed by atoms with Crippen LogP contribution in [0.4, 0.5) is 26.3 Å². The second-order valence-electron chi connectivity index (χ2n) is 14.0. The zero-order valence-electron chi connectivity index (χ0n) is 27.5. The van der Waals surface area contributed by atoms with Crippen LogP contribution in [0.15, 0.2) is 36.4 Å². The number of piperidine rings is 3. The zero-order chi connectivity index (χ0) is 36.4. The first-order valence-corrected chi connectivity index (χ1v) is 18.9. The van der Waals surface area contributed by atoms with Gasteiger partial charge >= 0.3 is 12.4 Å². The lowest BCUT2D eigenvalue weighted by molar-refractivity contribution is -0.946. The third-order valence-electron chi connectivity index (χ3n) is 10.8. The number of halogens is 8. The van der Waals surface area contributed by atoms with Crippen LogP contribution < -0.4 is 0 Å². The summed E-state index contributed by atoms with van der Waals surface area (Å²) in [6, 6.07) is 6.23. The number of nitrogens with zero attached hydrogens (tertiary/aromatic N) is 2. The van der Waals surface area contributed by atoms with Gasteiger partial charge in [-0.25, -0.2) is 8.42 Å². The molecule has 1 saturated carbocycles. The minimum atomic E-state index is -5.04. The maximum absolute atomic E-state index is 13.5. The van der Waals surface area contributed by atoms with E-state index in [4.69, 9.17) is 36.2 Å². The number of carbonyl (C=O) groups is 1. The summed E-state index contributed by atoms with van der Waals surface area (Å²) in [5, 5.41) is 0.714. The molecule has 1 unspecified atom stereocenters. The molecule has 2 aromatic rings. The van der Waals surface area contributed by atoms with Gasteiger partial charge in [0, 0.05) is 57.0 Å². The lowest BCUT2D eigenvalue weighted by Gasteiger charge is -2.58. The third-order valence-corrected chi connectivity index (χ3v) is 11.5. The highest BCUT2D eigenvalue weighted by atomic mass is 35.5. The van der Waals surface area contributed by atoms with Crippen LogP contribution in [0.25, 0.3) is 0 Å². The highest BCUT2D eigenvalue weighted by Gasteiger charge is 2.52. The third kappa shape index (κ3) is 10.5. The molecule has 6 nitrogen and oxygen atoms in total. The Hall–Kier alpha value is -2.06. The molecule has 274 valence electrons. The average Bonchev–Trinajstić information content (AvgIpc) is 3.03. The standard InChI is InChI=1S/C33H39Cl2F6N2O.CH4O3S/c1-42(30(44)24-17-26(32(36,37)38)20-27(18-24)33(39,40)41)21-23(22-7-8-28(34)29(35)19-22)9-13-43-14-10-31(11-15-43,12-16-43)25-5-3-2-4-6-25;1-5(2,3)4/h7-8,17-20,23,25H,2-6,9-16,21H2,1H3;1H3,(H,2,3,4)/q+1;/p-1. The predicted octanol–water partition coefficient (Wildman–Crippen LogP) is 9.02. The molecule has 1 amide bonds. The van der Waals surface area contributed by atoms with E-state index in [1.165, 1.54) is 63.3 Å². The minimum Gasteiger partial charge on any atom is -0.748 e. The van der Waals surface area contributed by atoms with E-state index >= 15 is 0 Å². The molecule has 3 saturated heterocycles. The molecule has 4 fully saturated rings. The number of fused-ring (bicyclic) bond motifs is 3. The number of likely N-dealkylation sites (N-methyl/N-ethyl adjacent to an activating group) is 1. The summed E-state index contributed by atoms with van der Waals surface area (Å²) in [7, 11) is -2.51. The van der Waals surface area contributed by atoms with Gasteiger partial charge in [-0.2, -0.15) is 26.3 Å². The highest BCUT2D eigenvalue weighted by Crippen LogP contribution is 2.53. The summed E-state index contributed by atoms with van der Waals surface area (Å²) in [6.45, 7) is 4.31. The van der Waals surface area contributed by atoms with Crippen LogP contribution in [0, 0.1) is 11.3 Å². The van der Waals surface area contributed by atoms with Gasteiger partial charge in [0.15, 0.2) is 0 Å². The molecule has 0 spiro atoms. The Labute approximate surface area is 294 Å². The molecular formula is C34H42Cl2F6N2O4S. The summed E-state index contributed by atoms with van der Waals surface area (Å²) >= 11 is 12.5. The number of hydrogen-bond donors (Lipinski definition) is 0. The van der Waals surface area contributed by atoms with E-state index in [2.05, 4.69) is 0 Å². The predicted molar refractivity (Wildman–Crippen MR) is 175 cm³/mol. The van der Waals surface area contributed by atoms with Gasteiger partial charge in [0.1, 0.15) is 0 Å². The van der Waals surface area contributed by atoms with Crippen LogP contribution in [0.2, 0.25) is 10.0 Å². The van der Waals surface area contributed by atoms with Crippen LogP contribution in [-0.4, -0.2) is 74.3 Å². The van der Waals surface area contributed by atoms with Crippen molar-refractivity contribution in [3.63, 3.8) is 0 Å². The molecule has 2 bridgehead atoms. The fraction of sp³-hybridized carbons (Fsp3) is 0.618. The van der Waals surface area contributed by atoms with Gasteiger partial charge in [0.05, 0.1) is 57.5 Å². The highest BCUT2D eigenvalue weighted by molar-refractivity contribution is 7.84. The first-order valence-electron chi connectivity index (χ1n) is 16.4. The topological polar surface area (TPSA) is 77.5 Å². The summed E-state index contributed by atoms with van der Waals surface area (Å²) in [6.07, 6.45) is 1.59. The van der Waals surface area contributed by atoms with Gasteiger partial charge in [-0.1, -0.05) is 48.5 Å². The Bertz CT molecular complexity index is 1530. The number of quaternary nitrogens is 1. The van der Waals surface area contributed by atoms with E-state index in [0.29, 0.717) is 40.3 Å². The molecular weight excluding hydrogens is 717 g/mol. The zero-order valence-corrected chi connectivity index (χ0v) is 29.8. The normalized spacial score (nSPS) is 23.8. The minimum absolute atomic E-state index is 0.0316. The lowest BCUT2D eigenvalue weighted by Crippen LogP contribution is -2.63. The average molecular weight is 760 g/mol. The second-order valence-corrected chi connectivity index (χ2v) is 16.2. The number of benzene rings is 2. The van der Waals surface area contributed by atoms with E-state index in [0.717, 1.165) is 42.1 Å². The van der Waals surface area contributed by atoms with Gasteiger partial charge in [0.2, 0.25) is 0 Å². The van der Waals surface area contributed by atoms with Crippen molar-refractivity contribution < 1.29 is 48.6 Å². The van der Waals surface area contributed by atoms with Gasteiger partial charge in [-0.3, -0.25) is 4.79 Å². The number of alkyl halides is 6. The van der Waals surface area contributed by atoms with E-state index in [1.54, 1.807) is 12.1 Å². The largest absolute Gasteiger partial charge is 0.748 e. The fourth-order valence-corrected chi connectivity index (χ4v) is 8.33. The molecule has 0 aromatic heterocycles. The van der Waals surface area contributed by atoms with Crippen LogP contribution in [0.1, 0.15) is 90.8 Å². The maximum Gasteiger partial charge on any atom is 0.416 e. The number of carbonyl (C=O) groups excluding carboxylic acids is 1. The molecule has 1 aliphatic carbocycles. The molecule has 1 atom stereocenters. The Kier molecular flexibility index (Phi) is 12.4. The van der Waals surface area contributed by atoms with Crippen LogP contribution >= 0.6 is 23.2 Å². The molecule has 6 rings (SSSR count). The van der Waals surface area contributed by atoms with E-state index in [9.17, 15) is 31.1 Å². The maximum atomic E-state index is 13.5. The summed E-state index contributed by atoms with van der Waals surface area (Å²) in [5.41, 5.74) is -2.39. The van der Waals surface area contributed by atoms with Gasteiger partial charge in [-0.05, 0) is 60.1 Å². The van der Waals surface area contributed by atoms with Gasteiger partial charge < -0.3 is 13.9 Å². The second kappa shape index (κ2) is 15.3. The Morgan fingerprint density at radius 1 is 0.918 bits per heavy atom. The summed E-state index contributed by atoms with van der Waals surface area (Å²) in [5.74, 6) is -0.325. The van der Waals surface area contributed by atoms with Crippen LogP contribution in [0.3, 0.4) is 0 Å². The van der Waals surface area contributed by atoms with Crippen LogP contribution in [-0.2, 0) is 22.5 Å². The van der Waals surface area contributed by atoms with Crippen molar-refractivity contribution in [3.05, 3.63) is 68.7 Å². The monoisotopic (exact) mass is 758 g/mol. The van der Waals surface area contributed by atoms with E-state index in [-0.39, 0.29) is 18.5 Å². The molecule has 3 heterocycles. The van der Waals surface area contributed by atoms with Crippen molar-refractivity contribution in [1.29, 1.82) is 0 Å². The van der Waals surface area contributed by atoms with Crippen molar-refractivity contribution in [2.24, 2.45) is 11.3 Å². The van der Waals surface area contributed by atoms with E-state index in [1.807, 2.05) is 6.07 Å². The number of hydrogen-bond acceptors (Lipinski definition) is 4. The Balaban J connectivity index is 0.00000101. The van der Waals surface area contributed by atoms with E-state index < -0.39 is 45.1 Å². The Morgan fingerprint density at radius 3 is 1.90 bits per heavy atom. The molecule has 4 aliphatic rings. The van der Waals surface area contributed by atoms with Crippen molar-refractivity contribution in [2.45, 2.75) is 76.1 Å². The van der Waals surface area contributed by atoms with Crippen molar-refractivity contribution in [2.75, 3.05) is 46.0 Å². The number of amides is 1. The molecule has 0 radical (unpaired) electrons. The fourth-order valence-electron chi connectivity index (χ4n) is 8.02.